The number of nitrogens with zero attached hydrogens (tertiary/aromatic N) is 2. The Balaban J connectivity index is 1.24. The highest BCUT2D eigenvalue weighted by atomic mass is 16.7. The van der Waals surface area contributed by atoms with Gasteiger partial charge in [-0.25, -0.2) is 4.79 Å². The van der Waals surface area contributed by atoms with Crippen molar-refractivity contribution in [1.29, 1.82) is 0 Å². The number of allylic oxidation sites excluding steroid dienone is 1. The molecule has 1 aromatic heterocycles. The van der Waals surface area contributed by atoms with Gasteiger partial charge in [-0.2, -0.15) is 0 Å². The zero-order valence-corrected chi connectivity index (χ0v) is 25.5. The maximum absolute atomic E-state index is 14.1. The van der Waals surface area contributed by atoms with Gasteiger partial charge in [-0.15, -0.1) is 0 Å². The van der Waals surface area contributed by atoms with Gasteiger partial charge >= 0.3 is 6.09 Å². The SMILES string of the molecule is O=C(Nc1cccn([C@@H](Cc2ccccc2)C(=O)N[C@@H](C[C@@H]2CCNC2=O)C(=O)C(=O)C2=NC=CC2)c1=O)O[C@H]1CO[C@H]2OCC[C@H]21. The summed E-state index contributed by atoms with van der Waals surface area (Å²) >= 11 is 0. The molecule has 6 rings (SSSR count). The summed E-state index contributed by atoms with van der Waals surface area (Å²) in [7, 11) is 0. The number of amides is 3. The van der Waals surface area contributed by atoms with E-state index in [4.69, 9.17) is 14.2 Å². The summed E-state index contributed by atoms with van der Waals surface area (Å²) in [5.74, 6) is -3.42. The molecule has 47 heavy (non-hydrogen) atoms. The molecule has 0 radical (unpaired) electrons. The topological polar surface area (TPSA) is 183 Å². The Bertz CT molecular complexity index is 1670. The van der Waals surface area contributed by atoms with Crippen LogP contribution in [0.15, 0.2) is 70.7 Å². The number of anilines is 1. The predicted octanol–water partition coefficient (Wildman–Crippen LogP) is 1.45. The van der Waals surface area contributed by atoms with Crippen LogP contribution in [0.5, 0.6) is 0 Å². The Labute approximate surface area is 269 Å². The normalized spacial score (nSPS) is 24.2. The summed E-state index contributed by atoms with van der Waals surface area (Å²) < 4.78 is 17.7. The highest BCUT2D eigenvalue weighted by Crippen LogP contribution is 2.33. The lowest BCUT2D eigenvalue weighted by Crippen LogP contribution is -2.50. The van der Waals surface area contributed by atoms with Crippen molar-refractivity contribution < 1.29 is 38.2 Å². The largest absolute Gasteiger partial charge is 0.443 e. The van der Waals surface area contributed by atoms with E-state index in [9.17, 15) is 28.8 Å². The minimum atomic E-state index is -1.34. The fourth-order valence-corrected chi connectivity index (χ4v) is 6.30. The number of rotatable bonds is 12. The van der Waals surface area contributed by atoms with Crippen LogP contribution < -0.4 is 21.5 Å². The van der Waals surface area contributed by atoms with Crippen molar-refractivity contribution in [2.75, 3.05) is 25.1 Å². The molecule has 246 valence electrons. The van der Waals surface area contributed by atoms with Gasteiger partial charge in [0.2, 0.25) is 23.4 Å². The number of fused-ring (bicyclic) bond motifs is 1. The highest BCUT2D eigenvalue weighted by molar-refractivity contribution is 6.66. The van der Waals surface area contributed by atoms with E-state index in [0.717, 1.165) is 4.57 Å². The number of ketones is 2. The first-order chi connectivity index (χ1) is 22.8. The van der Waals surface area contributed by atoms with E-state index in [1.807, 2.05) is 6.07 Å². The highest BCUT2D eigenvalue weighted by Gasteiger charge is 2.44. The Kier molecular flexibility index (Phi) is 9.68. The number of carbonyl (C=O) groups excluding carboxylic acids is 5. The maximum atomic E-state index is 14.1. The molecule has 6 atom stereocenters. The number of hydrogen-bond acceptors (Lipinski definition) is 10. The minimum absolute atomic E-state index is 0.0400. The molecule has 0 unspecified atom stereocenters. The molecule has 3 saturated heterocycles. The van der Waals surface area contributed by atoms with Crippen LogP contribution in [0, 0.1) is 11.8 Å². The van der Waals surface area contributed by atoms with E-state index in [2.05, 4.69) is 20.9 Å². The van der Waals surface area contributed by atoms with E-state index >= 15 is 0 Å². The number of hydrogen-bond donors (Lipinski definition) is 3. The van der Waals surface area contributed by atoms with Gasteiger partial charge in [0, 0.05) is 37.7 Å². The molecule has 0 aliphatic carbocycles. The van der Waals surface area contributed by atoms with Crippen molar-refractivity contribution in [3.05, 3.63) is 76.9 Å². The van der Waals surface area contributed by atoms with Crippen molar-refractivity contribution in [1.82, 2.24) is 15.2 Å². The Morgan fingerprint density at radius 3 is 2.64 bits per heavy atom. The molecule has 2 aromatic rings. The van der Waals surface area contributed by atoms with Gasteiger partial charge in [0.1, 0.15) is 17.8 Å². The lowest BCUT2D eigenvalue weighted by molar-refractivity contribution is -0.137. The first-order valence-electron chi connectivity index (χ1n) is 15.6. The summed E-state index contributed by atoms with van der Waals surface area (Å²) in [6.45, 7) is 1.10. The van der Waals surface area contributed by atoms with E-state index in [0.29, 0.717) is 31.6 Å². The van der Waals surface area contributed by atoms with Crippen molar-refractivity contribution in [3.63, 3.8) is 0 Å². The van der Waals surface area contributed by atoms with Gasteiger partial charge in [0.25, 0.3) is 5.56 Å². The van der Waals surface area contributed by atoms with Crippen LogP contribution in [0.25, 0.3) is 0 Å². The third-order valence-corrected chi connectivity index (χ3v) is 8.81. The van der Waals surface area contributed by atoms with Crippen molar-refractivity contribution in [2.24, 2.45) is 16.8 Å². The monoisotopic (exact) mass is 645 g/mol. The average Bonchev–Trinajstić information content (AvgIpc) is 3.89. The van der Waals surface area contributed by atoms with Gasteiger partial charge in [-0.05, 0) is 37.0 Å². The Hall–Kier alpha value is -4.95. The van der Waals surface area contributed by atoms with Crippen LogP contribution in [0.4, 0.5) is 10.5 Å². The van der Waals surface area contributed by atoms with Gasteiger partial charge in [0.05, 0.1) is 30.9 Å². The molecular formula is C33H35N5O9. The number of carbonyl (C=O) groups is 5. The van der Waals surface area contributed by atoms with Gasteiger partial charge in [-0.3, -0.25) is 34.3 Å². The fourth-order valence-electron chi connectivity index (χ4n) is 6.30. The summed E-state index contributed by atoms with van der Waals surface area (Å²) in [5.41, 5.74) is -0.0511. The number of ether oxygens (including phenoxy) is 3. The molecule has 0 spiro atoms. The zero-order chi connectivity index (χ0) is 32.9. The summed E-state index contributed by atoms with van der Waals surface area (Å²) in [6, 6.07) is 9.31. The number of pyridine rings is 1. The molecule has 0 saturated carbocycles. The van der Waals surface area contributed by atoms with Gasteiger partial charge < -0.3 is 29.4 Å². The second-order valence-electron chi connectivity index (χ2n) is 11.9. The van der Waals surface area contributed by atoms with Crippen LogP contribution in [-0.2, 0) is 39.8 Å². The van der Waals surface area contributed by atoms with Crippen molar-refractivity contribution in [3.8, 4) is 0 Å². The predicted molar refractivity (Wildman–Crippen MR) is 166 cm³/mol. The zero-order valence-electron chi connectivity index (χ0n) is 25.5. The molecule has 3 N–H and O–H groups in total. The Morgan fingerprint density at radius 2 is 1.89 bits per heavy atom. The number of aliphatic imine (C=N–C) groups is 1. The standard InChI is InChI=1S/C33H35N5O9/c39-27(22-8-4-12-34-22)28(40)24(17-20-10-13-35-29(20)41)36-30(42)25(16-19-6-2-1-3-7-19)38-14-5-9-23(31(38)43)37-33(44)47-26-18-46-32-21(26)11-15-45-32/h1-7,9,12,14,20-21,24-26,32H,8,10-11,13,15-18H2,(H,35,41)(H,36,42)(H,37,44)/t20-,21-,24-,25-,26-,32+/m0/s1. The number of aromatic nitrogens is 1. The molecule has 1 aromatic carbocycles. The second-order valence-corrected chi connectivity index (χ2v) is 11.9. The molecule has 14 heteroatoms. The molecule has 4 aliphatic heterocycles. The molecule has 4 aliphatic rings. The first kappa shape index (κ1) is 32.0. The second kappa shape index (κ2) is 14.2. The summed E-state index contributed by atoms with van der Waals surface area (Å²) in [6.07, 6.45) is 3.92. The van der Waals surface area contributed by atoms with Crippen LogP contribution in [0.2, 0.25) is 0 Å². The van der Waals surface area contributed by atoms with Gasteiger partial charge in [0.15, 0.2) is 6.29 Å². The molecule has 14 nitrogen and oxygen atoms in total. The van der Waals surface area contributed by atoms with Crippen LogP contribution in [-0.4, -0.2) is 77.9 Å². The van der Waals surface area contributed by atoms with Gasteiger partial charge in [-0.1, -0.05) is 36.4 Å². The lowest BCUT2D eigenvalue weighted by Gasteiger charge is -2.25. The molecule has 3 amide bonds. The molecular weight excluding hydrogens is 610 g/mol. The van der Waals surface area contributed by atoms with Crippen LogP contribution in [0.1, 0.15) is 37.3 Å². The summed E-state index contributed by atoms with van der Waals surface area (Å²) in [5, 5.41) is 7.88. The van der Waals surface area contributed by atoms with E-state index in [-0.39, 0.29) is 49.1 Å². The van der Waals surface area contributed by atoms with E-state index in [1.165, 1.54) is 24.5 Å². The molecule has 0 bridgehead atoms. The fraction of sp³-hybridized carbons (Fsp3) is 0.424. The third kappa shape index (κ3) is 7.23. The van der Waals surface area contributed by atoms with Crippen molar-refractivity contribution >= 4 is 40.9 Å². The smallest absolute Gasteiger partial charge is 0.412 e. The third-order valence-electron chi connectivity index (χ3n) is 8.81. The summed E-state index contributed by atoms with van der Waals surface area (Å²) in [4.78, 5) is 83.6. The lowest BCUT2D eigenvalue weighted by atomic mass is 9.92. The molecule has 5 heterocycles. The van der Waals surface area contributed by atoms with Crippen molar-refractivity contribution in [2.45, 2.75) is 56.6 Å². The van der Waals surface area contributed by atoms with Crippen LogP contribution >= 0.6 is 0 Å². The minimum Gasteiger partial charge on any atom is -0.443 e. The number of Topliss-reactive ketones (excluding diaryl/α,β-unsaturated/α-hetero) is 2. The van der Waals surface area contributed by atoms with E-state index in [1.54, 1.807) is 30.3 Å². The number of nitrogens with one attached hydrogen (secondary N) is 3. The molecule has 3 fully saturated rings. The maximum Gasteiger partial charge on any atom is 0.412 e. The first-order valence-corrected chi connectivity index (χ1v) is 15.6. The quantitative estimate of drug-likeness (QED) is 0.288. The van der Waals surface area contributed by atoms with E-state index < -0.39 is 59.5 Å². The number of benzene rings is 1. The Morgan fingerprint density at radius 1 is 1.06 bits per heavy atom. The average molecular weight is 646 g/mol. The van der Waals surface area contributed by atoms with Crippen LogP contribution in [0.3, 0.4) is 0 Å².